The first-order valence-electron chi connectivity index (χ1n) is 7.94. The molecule has 0 radical (unpaired) electrons. The molecule has 1 heterocycles. The highest BCUT2D eigenvalue weighted by Gasteiger charge is 2.17. The summed E-state index contributed by atoms with van der Waals surface area (Å²) in [6.07, 6.45) is 0. The number of rotatable bonds is 9. The summed E-state index contributed by atoms with van der Waals surface area (Å²) >= 11 is 0. The third kappa shape index (κ3) is 5.39. The van der Waals surface area contributed by atoms with Gasteiger partial charge in [-0.05, 0) is 31.2 Å². The van der Waals surface area contributed by atoms with Crippen LogP contribution in [0.1, 0.15) is 32.2 Å². The van der Waals surface area contributed by atoms with Gasteiger partial charge in [-0.2, -0.15) is 0 Å². The number of carboxylic acids is 1. The van der Waals surface area contributed by atoms with E-state index >= 15 is 0 Å². The summed E-state index contributed by atoms with van der Waals surface area (Å²) in [5, 5.41) is 11.6. The standard InChI is InChI=1S/C17H20N2O7S/c1-11-15(17(21)22)9-13(26-11)10-18-16(20)12-4-3-5-14(8-12)27(23,24)19-6-7-25-2/h3-5,8-9,19H,6-7,10H2,1-2H3,(H,18,20)(H,21,22). The maximum Gasteiger partial charge on any atom is 0.339 e. The van der Waals surface area contributed by atoms with E-state index in [1.54, 1.807) is 0 Å². The molecule has 0 atom stereocenters. The number of aromatic carboxylic acids is 1. The Labute approximate surface area is 156 Å². The van der Waals surface area contributed by atoms with Crippen LogP contribution in [0.2, 0.25) is 0 Å². The molecule has 0 saturated heterocycles. The average molecular weight is 396 g/mol. The first kappa shape index (κ1) is 20.6. The summed E-state index contributed by atoms with van der Waals surface area (Å²) in [5.41, 5.74) is 0.167. The Morgan fingerprint density at radius 2 is 2.00 bits per heavy atom. The number of hydrogen-bond acceptors (Lipinski definition) is 6. The lowest BCUT2D eigenvalue weighted by Gasteiger charge is -2.08. The SMILES string of the molecule is COCCNS(=O)(=O)c1cccc(C(=O)NCc2cc(C(=O)O)c(C)o2)c1. The molecule has 2 aromatic rings. The van der Waals surface area contributed by atoms with E-state index in [4.69, 9.17) is 14.3 Å². The van der Waals surface area contributed by atoms with Gasteiger partial charge in [-0.1, -0.05) is 6.07 Å². The number of ether oxygens (including phenoxy) is 1. The summed E-state index contributed by atoms with van der Waals surface area (Å²) in [6, 6.07) is 6.89. The molecule has 0 bridgehead atoms. The molecule has 0 fully saturated rings. The number of methoxy groups -OCH3 is 1. The number of nitrogens with one attached hydrogen (secondary N) is 2. The minimum atomic E-state index is -3.76. The number of furan rings is 1. The molecular formula is C17H20N2O7S. The molecule has 0 aliphatic rings. The molecule has 1 amide bonds. The molecule has 3 N–H and O–H groups in total. The van der Waals surface area contributed by atoms with Gasteiger partial charge in [0.1, 0.15) is 17.1 Å². The van der Waals surface area contributed by atoms with Gasteiger partial charge in [-0.15, -0.1) is 0 Å². The van der Waals surface area contributed by atoms with Gasteiger partial charge in [0.05, 0.1) is 18.0 Å². The fraction of sp³-hybridized carbons (Fsp3) is 0.294. The Hall–Kier alpha value is -2.69. The number of sulfonamides is 1. The molecular weight excluding hydrogens is 376 g/mol. The van der Waals surface area contributed by atoms with Crippen LogP contribution >= 0.6 is 0 Å². The number of hydrogen-bond donors (Lipinski definition) is 3. The second-order valence-corrected chi connectivity index (χ2v) is 7.36. The lowest BCUT2D eigenvalue weighted by molar-refractivity contribution is 0.0694. The minimum Gasteiger partial charge on any atom is -0.478 e. The summed E-state index contributed by atoms with van der Waals surface area (Å²) in [5.74, 6) is -1.12. The molecule has 146 valence electrons. The van der Waals surface area contributed by atoms with Gasteiger partial charge in [-0.25, -0.2) is 17.9 Å². The van der Waals surface area contributed by atoms with Crippen molar-refractivity contribution >= 4 is 21.9 Å². The van der Waals surface area contributed by atoms with E-state index in [0.29, 0.717) is 0 Å². The maximum atomic E-state index is 12.3. The van der Waals surface area contributed by atoms with Gasteiger partial charge in [0.25, 0.3) is 5.91 Å². The molecule has 9 nitrogen and oxygen atoms in total. The van der Waals surface area contributed by atoms with Crippen LogP contribution in [0.5, 0.6) is 0 Å². The van der Waals surface area contributed by atoms with Crippen molar-refractivity contribution < 1.29 is 32.3 Å². The third-order valence-corrected chi connectivity index (χ3v) is 5.09. The smallest absolute Gasteiger partial charge is 0.339 e. The van der Waals surface area contributed by atoms with Crippen LogP contribution in [0.25, 0.3) is 0 Å². The molecule has 2 rings (SSSR count). The highest BCUT2D eigenvalue weighted by molar-refractivity contribution is 7.89. The quantitative estimate of drug-likeness (QED) is 0.541. The fourth-order valence-electron chi connectivity index (χ4n) is 2.28. The van der Waals surface area contributed by atoms with E-state index in [2.05, 4.69) is 10.0 Å². The Bertz CT molecular complexity index is 935. The van der Waals surface area contributed by atoms with E-state index in [9.17, 15) is 18.0 Å². The van der Waals surface area contributed by atoms with E-state index in [1.165, 1.54) is 44.4 Å². The fourth-order valence-corrected chi connectivity index (χ4v) is 3.34. The zero-order valence-corrected chi connectivity index (χ0v) is 15.6. The summed E-state index contributed by atoms with van der Waals surface area (Å²) in [7, 11) is -2.30. The van der Waals surface area contributed by atoms with Crippen LogP contribution in [0.3, 0.4) is 0 Å². The van der Waals surface area contributed by atoms with Gasteiger partial charge in [0, 0.05) is 19.2 Å². The molecule has 1 aromatic heterocycles. The van der Waals surface area contributed by atoms with Crippen LogP contribution in [0, 0.1) is 6.92 Å². The van der Waals surface area contributed by atoms with Crippen LogP contribution in [0.15, 0.2) is 39.6 Å². The van der Waals surface area contributed by atoms with Crippen LogP contribution < -0.4 is 10.0 Å². The number of benzene rings is 1. The van der Waals surface area contributed by atoms with Crippen LogP contribution in [0.4, 0.5) is 0 Å². The number of carbonyl (C=O) groups is 2. The van der Waals surface area contributed by atoms with E-state index in [1.807, 2.05) is 0 Å². The van der Waals surface area contributed by atoms with Gasteiger partial charge in [-0.3, -0.25) is 4.79 Å². The van der Waals surface area contributed by atoms with E-state index in [0.717, 1.165) is 0 Å². The normalized spacial score (nSPS) is 11.3. The van der Waals surface area contributed by atoms with Gasteiger partial charge >= 0.3 is 5.97 Å². The number of amides is 1. The molecule has 0 unspecified atom stereocenters. The topological polar surface area (TPSA) is 135 Å². The Kier molecular flexibility index (Phi) is 6.72. The van der Waals surface area contributed by atoms with Crippen molar-refractivity contribution in [2.24, 2.45) is 0 Å². The molecule has 0 aliphatic carbocycles. The third-order valence-electron chi connectivity index (χ3n) is 3.63. The number of carboxylic acid groups (broad SMARTS) is 1. The molecule has 0 spiro atoms. The molecule has 0 saturated carbocycles. The Balaban J connectivity index is 2.07. The minimum absolute atomic E-state index is 0.0227. The van der Waals surface area contributed by atoms with Crippen LogP contribution in [-0.4, -0.2) is 45.7 Å². The van der Waals surface area contributed by atoms with Crippen molar-refractivity contribution in [3.8, 4) is 0 Å². The first-order chi connectivity index (χ1) is 12.7. The highest BCUT2D eigenvalue weighted by atomic mass is 32.2. The lowest BCUT2D eigenvalue weighted by Crippen LogP contribution is -2.28. The summed E-state index contributed by atoms with van der Waals surface area (Å²) < 4.78 is 36.8. The van der Waals surface area contributed by atoms with Crippen molar-refractivity contribution in [2.45, 2.75) is 18.4 Å². The second-order valence-electron chi connectivity index (χ2n) is 5.59. The Morgan fingerprint density at radius 3 is 2.63 bits per heavy atom. The van der Waals surface area contributed by atoms with Crippen molar-refractivity contribution in [3.05, 3.63) is 53.0 Å². The zero-order chi connectivity index (χ0) is 20.0. The van der Waals surface area contributed by atoms with Crippen molar-refractivity contribution in [1.82, 2.24) is 10.0 Å². The van der Waals surface area contributed by atoms with Crippen LogP contribution in [-0.2, 0) is 21.3 Å². The predicted molar refractivity (Wildman–Crippen MR) is 95.1 cm³/mol. The second kappa shape index (κ2) is 8.80. The van der Waals surface area contributed by atoms with E-state index < -0.39 is 21.9 Å². The molecule has 0 aliphatic heterocycles. The number of aryl methyl sites for hydroxylation is 1. The van der Waals surface area contributed by atoms with Gasteiger partial charge in [0.15, 0.2) is 0 Å². The predicted octanol–water partition coefficient (Wildman–Crippen LogP) is 1.14. The molecule has 10 heteroatoms. The average Bonchev–Trinajstić information content (AvgIpc) is 3.01. The Morgan fingerprint density at radius 1 is 1.26 bits per heavy atom. The van der Waals surface area contributed by atoms with Gasteiger partial charge < -0.3 is 19.6 Å². The van der Waals surface area contributed by atoms with Crippen molar-refractivity contribution in [1.29, 1.82) is 0 Å². The van der Waals surface area contributed by atoms with Crippen molar-refractivity contribution in [3.63, 3.8) is 0 Å². The first-order valence-corrected chi connectivity index (χ1v) is 9.42. The largest absolute Gasteiger partial charge is 0.478 e. The zero-order valence-electron chi connectivity index (χ0n) is 14.8. The summed E-state index contributed by atoms with van der Waals surface area (Å²) in [6.45, 7) is 1.81. The van der Waals surface area contributed by atoms with Crippen molar-refractivity contribution in [2.75, 3.05) is 20.3 Å². The maximum absolute atomic E-state index is 12.3. The molecule has 1 aromatic carbocycles. The highest BCUT2D eigenvalue weighted by Crippen LogP contribution is 2.15. The van der Waals surface area contributed by atoms with Gasteiger partial charge in [0.2, 0.25) is 10.0 Å². The monoisotopic (exact) mass is 396 g/mol. The van der Waals surface area contributed by atoms with E-state index in [-0.39, 0.29) is 47.2 Å². The molecule has 27 heavy (non-hydrogen) atoms. The lowest BCUT2D eigenvalue weighted by atomic mass is 10.2. The number of carbonyl (C=O) groups excluding carboxylic acids is 1. The summed E-state index contributed by atoms with van der Waals surface area (Å²) in [4.78, 5) is 23.2.